The Morgan fingerprint density at radius 1 is 1.22 bits per heavy atom. The molecule has 1 aromatic carbocycles. The molecule has 3 aromatic rings. The van der Waals surface area contributed by atoms with Crippen LogP contribution in [0, 0.1) is 20.8 Å². The van der Waals surface area contributed by atoms with Gasteiger partial charge in [-0.05, 0) is 45.0 Å². The highest BCUT2D eigenvalue weighted by atomic mass is 35.5. The van der Waals surface area contributed by atoms with Crippen molar-refractivity contribution < 1.29 is 9.32 Å². The SMILES string of the molecule is Cc1cc(-n2c(C)cc(C(=O)Nc3cccc(Cl)c3)c2C)no1. The number of carbonyl (C=O) groups excluding carboxylic acids is 1. The first-order chi connectivity index (χ1) is 11.0. The van der Waals surface area contributed by atoms with E-state index in [0.717, 1.165) is 17.1 Å². The monoisotopic (exact) mass is 329 g/mol. The van der Waals surface area contributed by atoms with Gasteiger partial charge in [-0.3, -0.25) is 9.36 Å². The quantitative estimate of drug-likeness (QED) is 0.779. The summed E-state index contributed by atoms with van der Waals surface area (Å²) in [4.78, 5) is 12.5. The lowest BCUT2D eigenvalue weighted by Gasteiger charge is -2.07. The maximum absolute atomic E-state index is 12.5. The maximum atomic E-state index is 12.5. The summed E-state index contributed by atoms with van der Waals surface area (Å²) in [5.74, 6) is 1.20. The van der Waals surface area contributed by atoms with Crippen molar-refractivity contribution in [2.24, 2.45) is 0 Å². The number of rotatable bonds is 3. The molecule has 0 saturated carbocycles. The van der Waals surface area contributed by atoms with Gasteiger partial charge in [-0.2, -0.15) is 0 Å². The molecule has 2 aromatic heterocycles. The van der Waals surface area contributed by atoms with E-state index in [0.29, 0.717) is 22.1 Å². The van der Waals surface area contributed by atoms with Gasteiger partial charge in [0, 0.05) is 28.2 Å². The Kier molecular flexibility index (Phi) is 3.96. The molecule has 0 radical (unpaired) electrons. The standard InChI is InChI=1S/C17H16ClN3O2/c1-10-7-15(12(3)21(10)16-8-11(2)23-20-16)17(22)19-14-6-4-5-13(18)9-14/h4-9H,1-3H3,(H,19,22). The van der Waals surface area contributed by atoms with Crippen molar-refractivity contribution in [3.63, 3.8) is 0 Å². The van der Waals surface area contributed by atoms with E-state index in [1.807, 2.05) is 37.5 Å². The Hall–Kier alpha value is -2.53. The van der Waals surface area contributed by atoms with Gasteiger partial charge in [0.15, 0.2) is 5.82 Å². The van der Waals surface area contributed by atoms with Crippen LogP contribution in [0.15, 0.2) is 40.9 Å². The highest BCUT2D eigenvalue weighted by Gasteiger charge is 2.18. The minimum absolute atomic E-state index is 0.188. The highest BCUT2D eigenvalue weighted by molar-refractivity contribution is 6.31. The van der Waals surface area contributed by atoms with Crippen LogP contribution < -0.4 is 5.32 Å². The second-order valence-corrected chi connectivity index (χ2v) is 5.82. The topological polar surface area (TPSA) is 60.1 Å². The van der Waals surface area contributed by atoms with E-state index in [9.17, 15) is 4.79 Å². The Morgan fingerprint density at radius 2 is 2.00 bits per heavy atom. The summed E-state index contributed by atoms with van der Waals surface area (Å²) in [7, 11) is 0. The van der Waals surface area contributed by atoms with Gasteiger partial charge in [0.1, 0.15) is 5.76 Å². The lowest BCUT2D eigenvalue weighted by atomic mass is 10.2. The molecular formula is C17H16ClN3O2. The van der Waals surface area contributed by atoms with Gasteiger partial charge < -0.3 is 9.84 Å². The molecule has 118 valence electrons. The minimum atomic E-state index is -0.188. The number of carbonyl (C=O) groups is 1. The predicted molar refractivity (Wildman–Crippen MR) is 89.4 cm³/mol. The zero-order chi connectivity index (χ0) is 16.6. The fourth-order valence-electron chi connectivity index (χ4n) is 2.57. The van der Waals surface area contributed by atoms with Crippen LogP contribution in [-0.2, 0) is 0 Å². The van der Waals surface area contributed by atoms with Gasteiger partial charge in [-0.1, -0.05) is 22.8 Å². The number of nitrogens with zero attached hydrogens (tertiary/aromatic N) is 2. The molecule has 0 fully saturated rings. The summed E-state index contributed by atoms with van der Waals surface area (Å²) in [6.07, 6.45) is 0. The van der Waals surface area contributed by atoms with Crippen molar-refractivity contribution in [1.29, 1.82) is 0 Å². The van der Waals surface area contributed by atoms with Crippen molar-refractivity contribution in [2.75, 3.05) is 5.32 Å². The van der Waals surface area contributed by atoms with Crippen LogP contribution in [0.25, 0.3) is 5.82 Å². The molecular weight excluding hydrogens is 314 g/mol. The molecule has 0 aliphatic carbocycles. The largest absolute Gasteiger partial charge is 0.360 e. The number of anilines is 1. The zero-order valence-corrected chi connectivity index (χ0v) is 13.8. The van der Waals surface area contributed by atoms with E-state index in [4.69, 9.17) is 16.1 Å². The number of amides is 1. The summed E-state index contributed by atoms with van der Waals surface area (Å²) in [6.45, 7) is 5.63. The van der Waals surface area contributed by atoms with Crippen LogP contribution >= 0.6 is 11.6 Å². The molecule has 5 nitrogen and oxygen atoms in total. The van der Waals surface area contributed by atoms with Crippen LogP contribution in [0.2, 0.25) is 5.02 Å². The van der Waals surface area contributed by atoms with Crippen molar-refractivity contribution in [3.8, 4) is 5.82 Å². The van der Waals surface area contributed by atoms with Crippen molar-refractivity contribution >= 4 is 23.2 Å². The van der Waals surface area contributed by atoms with Crippen LogP contribution in [0.5, 0.6) is 0 Å². The van der Waals surface area contributed by atoms with E-state index in [1.54, 1.807) is 24.3 Å². The van der Waals surface area contributed by atoms with Gasteiger partial charge in [0.25, 0.3) is 5.91 Å². The van der Waals surface area contributed by atoms with Gasteiger partial charge in [0.2, 0.25) is 0 Å². The third kappa shape index (κ3) is 3.00. The molecule has 0 saturated heterocycles. The van der Waals surface area contributed by atoms with Gasteiger partial charge in [-0.25, -0.2) is 0 Å². The van der Waals surface area contributed by atoms with Crippen LogP contribution in [0.3, 0.4) is 0 Å². The van der Waals surface area contributed by atoms with E-state index >= 15 is 0 Å². The average molecular weight is 330 g/mol. The molecule has 0 bridgehead atoms. The Balaban J connectivity index is 1.93. The molecule has 6 heteroatoms. The molecule has 1 amide bonds. The molecule has 0 aliphatic heterocycles. The normalized spacial score (nSPS) is 10.8. The van der Waals surface area contributed by atoms with Crippen LogP contribution in [0.4, 0.5) is 5.69 Å². The predicted octanol–water partition coefficient (Wildman–Crippen LogP) is 4.30. The van der Waals surface area contributed by atoms with Crippen LogP contribution in [-0.4, -0.2) is 15.6 Å². The highest BCUT2D eigenvalue weighted by Crippen LogP contribution is 2.22. The zero-order valence-electron chi connectivity index (χ0n) is 13.1. The van der Waals surface area contributed by atoms with Crippen molar-refractivity contribution in [2.45, 2.75) is 20.8 Å². The van der Waals surface area contributed by atoms with E-state index in [-0.39, 0.29) is 5.91 Å². The molecule has 2 heterocycles. The Labute approximate surface area is 138 Å². The number of hydrogen-bond acceptors (Lipinski definition) is 3. The summed E-state index contributed by atoms with van der Waals surface area (Å²) in [5.41, 5.74) is 2.95. The Morgan fingerprint density at radius 3 is 2.65 bits per heavy atom. The molecule has 0 spiro atoms. The first kappa shape index (κ1) is 15.4. The van der Waals surface area contributed by atoms with Crippen LogP contribution in [0.1, 0.15) is 27.5 Å². The smallest absolute Gasteiger partial charge is 0.257 e. The number of hydrogen-bond donors (Lipinski definition) is 1. The summed E-state index contributed by atoms with van der Waals surface area (Å²) >= 11 is 5.94. The van der Waals surface area contributed by atoms with E-state index < -0.39 is 0 Å². The third-order valence-electron chi connectivity index (χ3n) is 3.60. The summed E-state index contributed by atoms with van der Waals surface area (Å²) < 4.78 is 7.01. The molecule has 1 N–H and O–H groups in total. The number of aryl methyl sites for hydroxylation is 2. The first-order valence-electron chi connectivity index (χ1n) is 7.15. The van der Waals surface area contributed by atoms with Crippen molar-refractivity contribution in [3.05, 3.63) is 64.1 Å². The number of nitrogens with one attached hydrogen (secondary N) is 1. The number of benzene rings is 1. The second-order valence-electron chi connectivity index (χ2n) is 5.38. The molecule has 0 atom stereocenters. The first-order valence-corrected chi connectivity index (χ1v) is 7.53. The lowest BCUT2D eigenvalue weighted by molar-refractivity contribution is 0.102. The summed E-state index contributed by atoms with van der Waals surface area (Å²) in [5, 5.41) is 7.45. The average Bonchev–Trinajstić information content (AvgIpc) is 3.02. The number of aromatic nitrogens is 2. The third-order valence-corrected chi connectivity index (χ3v) is 3.84. The minimum Gasteiger partial charge on any atom is -0.360 e. The molecule has 0 unspecified atom stereocenters. The van der Waals surface area contributed by atoms with Gasteiger partial charge >= 0.3 is 0 Å². The fraction of sp³-hybridized carbons (Fsp3) is 0.176. The van der Waals surface area contributed by atoms with Gasteiger partial charge in [-0.15, -0.1) is 0 Å². The van der Waals surface area contributed by atoms with E-state index in [1.165, 1.54) is 0 Å². The molecule has 0 aliphatic rings. The molecule has 23 heavy (non-hydrogen) atoms. The lowest BCUT2D eigenvalue weighted by Crippen LogP contribution is -2.13. The van der Waals surface area contributed by atoms with Crippen molar-refractivity contribution in [1.82, 2.24) is 9.72 Å². The molecule has 3 rings (SSSR count). The number of halogens is 1. The summed E-state index contributed by atoms with van der Waals surface area (Å²) in [6, 6.07) is 10.7. The van der Waals surface area contributed by atoms with E-state index in [2.05, 4.69) is 10.5 Å². The van der Waals surface area contributed by atoms with Gasteiger partial charge in [0.05, 0.1) is 5.56 Å². The fourth-order valence-corrected chi connectivity index (χ4v) is 2.76. The maximum Gasteiger partial charge on any atom is 0.257 e. The Bertz CT molecular complexity index is 880. The second kappa shape index (κ2) is 5.93.